The second kappa shape index (κ2) is 9.32. The molecule has 0 amide bonds. The van der Waals surface area contributed by atoms with Crippen molar-refractivity contribution in [3.8, 4) is 0 Å². The van der Waals surface area contributed by atoms with Crippen molar-refractivity contribution in [3.05, 3.63) is 0 Å². The molecule has 0 heterocycles. The van der Waals surface area contributed by atoms with Crippen molar-refractivity contribution in [1.82, 2.24) is 5.32 Å². The smallest absolute Gasteiger partial charge is 0.320 e. The molecule has 1 rings (SSSR count). The number of nitrogens with one attached hydrogen (secondary N) is 1. The van der Waals surface area contributed by atoms with Crippen LogP contribution < -0.4 is 5.32 Å². The van der Waals surface area contributed by atoms with E-state index < -0.39 is 12.0 Å². The molecule has 1 saturated carbocycles. The molecule has 0 aromatic carbocycles. The third kappa shape index (κ3) is 6.39. The number of carbonyl (C=O) groups is 1. The summed E-state index contributed by atoms with van der Waals surface area (Å²) in [5.41, 5.74) is 0. The highest BCUT2D eigenvalue weighted by molar-refractivity contribution is 5.73. The molecule has 0 aliphatic heterocycles. The summed E-state index contributed by atoms with van der Waals surface area (Å²) in [4.78, 5) is 11.1. The summed E-state index contributed by atoms with van der Waals surface area (Å²) in [6.45, 7) is 5.57. The second-order valence-corrected chi connectivity index (χ2v) is 5.57. The molecule has 0 bridgehead atoms. The lowest BCUT2D eigenvalue weighted by atomic mass is 9.85. The van der Waals surface area contributed by atoms with Gasteiger partial charge in [0.05, 0.1) is 6.10 Å². The largest absolute Gasteiger partial charge is 0.480 e. The average molecular weight is 271 g/mol. The molecule has 4 nitrogen and oxygen atoms in total. The quantitative estimate of drug-likeness (QED) is 0.677. The summed E-state index contributed by atoms with van der Waals surface area (Å²) < 4.78 is 5.87. The highest BCUT2D eigenvalue weighted by Gasteiger charge is 2.22. The summed E-state index contributed by atoms with van der Waals surface area (Å²) in [5, 5.41) is 12.1. The van der Waals surface area contributed by atoms with Crippen molar-refractivity contribution >= 4 is 5.97 Å². The maximum Gasteiger partial charge on any atom is 0.320 e. The van der Waals surface area contributed by atoms with Gasteiger partial charge in [0, 0.05) is 6.61 Å². The molecule has 1 aliphatic carbocycles. The molecule has 0 aromatic rings. The maximum atomic E-state index is 11.1. The van der Waals surface area contributed by atoms with Crippen LogP contribution in [-0.4, -0.2) is 36.4 Å². The molecular formula is C15H29NO3. The Balaban J connectivity index is 2.21. The van der Waals surface area contributed by atoms with Gasteiger partial charge in [-0.25, -0.2) is 0 Å². The Morgan fingerprint density at radius 1 is 1.42 bits per heavy atom. The fourth-order valence-corrected chi connectivity index (χ4v) is 2.75. The van der Waals surface area contributed by atoms with Crippen LogP contribution >= 0.6 is 0 Å². The van der Waals surface area contributed by atoms with Crippen LogP contribution in [0.2, 0.25) is 0 Å². The van der Waals surface area contributed by atoms with Crippen LogP contribution in [0.1, 0.15) is 58.8 Å². The van der Waals surface area contributed by atoms with Crippen molar-refractivity contribution in [2.24, 2.45) is 5.92 Å². The van der Waals surface area contributed by atoms with Gasteiger partial charge in [0.1, 0.15) is 6.04 Å². The van der Waals surface area contributed by atoms with Gasteiger partial charge >= 0.3 is 5.97 Å². The second-order valence-electron chi connectivity index (χ2n) is 5.57. The van der Waals surface area contributed by atoms with Gasteiger partial charge in [0.25, 0.3) is 0 Å². The number of ether oxygens (including phenoxy) is 1. The van der Waals surface area contributed by atoms with Crippen molar-refractivity contribution in [3.63, 3.8) is 0 Å². The molecule has 19 heavy (non-hydrogen) atoms. The first-order chi connectivity index (χ1) is 9.17. The average Bonchev–Trinajstić information content (AvgIpc) is 2.42. The molecule has 0 radical (unpaired) electrons. The van der Waals surface area contributed by atoms with Gasteiger partial charge in [-0.2, -0.15) is 0 Å². The van der Waals surface area contributed by atoms with Crippen LogP contribution in [0.4, 0.5) is 0 Å². The van der Waals surface area contributed by atoms with Gasteiger partial charge in [-0.3, -0.25) is 4.79 Å². The van der Waals surface area contributed by atoms with E-state index in [1.807, 2.05) is 6.92 Å². The first-order valence-electron chi connectivity index (χ1n) is 7.75. The minimum Gasteiger partial charge on any atom is -0.480 e. The van der Waals surface area contributed by atoms with E-state index in [4.69, 9.17) is 9.84 Å². The lowest BCUT2D eigenvalue weighted by Crippen LogP contribution is -2.38. The number of carboxylic acids is 1. The molecule has 4 heteroatoms. The predicted octanol–water partition coefficient (Wildman–Crippen LogP) is 2.81. The van der Waals surface area contributed by atoms with E-state index in [9.17, 15) is 4.79 Å². The summed E-state index contributed by atoms with van der Waals surface area (Å²) >= 11 is 0. The molecular weight excluding hydrogens is 242 g/mol. The minimum atomic E-state index is -0.771. The number of rotatable bonds is 9. The van der Waals surface area contributed by atoms with Crippen LogP contribution in [0.5, 0.6) is 0 Å². The van der Waals surface area contributed by atoms with Crippen molar-refractivity contribution in [2.75, 3.05) is 13.2 Å². The van der Waals surface area contributed by atoms with Crippen molar-refractivity contribution in [1.29, 1.82) is 0 Å². The topological polar surface area (TPSA) is 58.6 Å². The van der Waals surface area contributed by atoms with Crippen LogP contribution in [0, 0.1) is 5.92 Å². The fourth-order valence-electron chi connectivity index (χ4n) is 2.75. The third-order valence-electron chi connectivity index (χ3n) is 4.01. The molecule has 3 atom stereocenters. The molecule has 0 aromatic heterocycles. The van der Waals surface area contributed by atoms with E-state index in [2.05, 4.69) is 12.2 Å². The summed E-state index contributed by atoms with van der Waals surface area (Å²) in [5.74, 6) is 0.0272. The lowest BCUT2D eigenvalue weighted by Gasteiger charge is -2.28. The number of aliphatic carboxylic acids is 1. The number of carboxylic acid groups (broad SMARTS) is 1. The summed E-state index contributed by atoms with van der Waals surface area (Å²) in [6, 6.07) is -0.467. The van der Waals surface area contributed by atoms with Crippen LogP contribution in [0.3, 0.4) is 0 Å². The maximum absolute atomic E-state index is 11.1. The monoisotopic (exact) mass is 271 g/mol. The molecule has 2 N–H and O–H groups in total. The number of hydrogen-bond donors (Lipinski definition) is 2. The Labute approximate surface area is 116 Å². The van der Waals surface area contributed by atoms with Crippen LogP contribution in [-0.2, 0) is 9.53 Å². The Bertz CT molecular complexity index is 258. The number of hydrogen-bond acceptors (Lipinski definition) is 3. The Morgan fingerprint density at radius 3 is 2.84 bits per heavy atom. The molecule has 112 valence electrons. The fraction of sp³-hybridized carbons (Fsp3) is 0.933. The van der Waals surface area contributed by atoms with E-state index in [0.717, 1.165) is 31.7 Å². The normalized spacial score (nSPS) is 25.2. The van der Waals surface area contributed by atoms with Crippen LogP contribution in [0.25, 0.3) is 0 Å². The van der Waals surface area contributed by atoms with E-state index in [0.29, 0.717) is 19.1 Å². The Morgan fingerprint density at radius 2 is 2.21 bits per heavy atom. The molecule has 1 fully saturated rings. The van der Waals surface area contributed by atoms with Crippen molar-refractivity contribution in [2.45, 2.75) is 70.9 Å². The van der Waals surface area contributed by atoms with Gasteiger partial charge in [-0.15, -0.1) is 0 Å². The van der Waals surface area contributed by atoms with Gasteiger partial charge < -0.3 is 15.2 Å². The van der Waals surface area contributed by atoms with E-state index in [-0.39, 0.29) is 0 Å². The molecule has 0 saturated heterocycles. The van der Waals surface area contributed by atoms with E-state index in [1.54, 1.807) is 0 Å². The van der Waals surface area contributed by atoms with Crippen LogP contribution in [0.15, 0.2) is 0 Å². The standard InChI is InChI=1S/C15H29NO3/c1-3-9-16-14(15(17)18)8-10-19-13-7-5-6-12(4-2)11-13/h12-14,16H,3-11H2,1-2H3,(H,17,18). The van der Waals surface area contributed by atoms with Crippen molar-refractivity contribution < 1.29 is 14.6 Å². The van der Waals surface area contributed by atoms with E-state index in [1.165, 1.54) is 19.3 Å². The van der Waals surface area contributed by atoms with Gasteiger partial charge in [-0.05, 0) is 38.1 Å². The van der Waals surface area contributed by atoms with Gasteiger partial charge in [0.15, 0.2) is 0 Å². The SMILES string of the molecule is CCCNC(CCOC1CCCC(CC)C1)C(=O)O. The highest BCUT2D eigenvalue weighted by Crippen LogP contribution is 2.28. The zero-order valence-corrected chi connectivity index (χ0v) is 12.4. The minimum absolute atomic E-state index is 0.347. The molecule has 3 unspecified atom stereocenters. The zero-order valence-electron chi connectivity index (χ0n) is 12.4. The Hall–Kier alpha value is -0.610. The Kier molecular flexibility index (Phi) is 8.07. The van der Waals surface area contributed by atoms with Gasteiger partial charge in [-0.1, -0.05) is 33.1 Å². The predicted molar refractivity (Wildman–Crippen MR) is 76.3 cm³/mol. The zero-order chi connectivity index (χ0) is 14.1. The summed E-state index contributed by atoms with van der Waals surface area (Å²) in [7, 11) is 0. The first kappa shape index (κ1) is 16.4. The first-order valence-corrected chi connectivity index (χ1v) is 7.75. The lowest BCUT2D eigenvalue weighted by molar-refractivity contribution is -0.140. The third-order valence-corrected chi connectivity index (χ3v) is 4.01. The highest BCUT2D eigenvalue weighted by atomic mass is 16.5. The molecule has 1 aliphatic rings. The summed E-state index contributed by atoms with van der Waals surface area (Å²) in [6.07, 6.45) is 7.95. The van der Waals surface area contributed by atoms with E-state index >= 15 is 0 Å². The molecule has 0 spiro atoms. The van der Waals surface area contributed by atoms with Gasteiger partial charge in [0.2, 0.25) is 0 Å².